The van der Waals surface area contributed by atoms with E-state index in [0.717, 1.165) is 5.56 Å². The Labute approximate surface area is 171 Å². The minimum Gasteiger partial charge on any atom is -0.463 e. The first-order chi connectivity index (χ1) is 13.7. The quantitative estimate of drug-likeness (QED) is 0.400. The van der Waals surface area contributed by atoms with Crippen molar-refractivity contribution >= 4 is 21.8 Å². The average molecular weight is 428 g/mol. The summed E-state index contributed by atoms with van der Waals surface area (Å²) in [7, 11) is -3.24. The number of carbonyl (C=O) groups is 2. The third-order valence-electron chi connectivity index (χ3n) is 5.29. The van der Waals surface area contributed by atoms with Gasteiger partial charge in [0.1, 0.15) is 6.54 Å². The summed E-state index contributed by atoms with van der Waals surface area (Å²) in [6, 6.07) is -0.375. The average Bonchev–Trinajstić information content (AvgIpc) is 3.31. The van der Waals surface area contributed by atoms with Gasteiger partial charge >= 0.3 is 12.0 Å². The molecule has 29 heavy (non-hydrogen) atoms. The van der Waals surface area contributed by atoms with Crippen LogP contribution in [0.1, 0.15) is 56.2 Å². The highest BCUT2D eigenvalue weighted by atomic mass is 32.2. The van der Waals surface area contributed by atoms with Crippen molar-refractivity contribution < 1.29 is 27.3 Å². The molecule has 3 amide bonds. The SMILES string of the molecule is Cc1c(C(C)CS(=O)(=O)CCCCCN2CC(=O)NC2=O)noc1OCC1CC1. The molecule has 1 saturated heterocycles. The molecule has 1 aliphatic carbocycles. The van der Waals surface area contributed by atoms with E-state index < -0.39 is 9.84 Å². The van der Waals surface area contributed by atoms with E-state index >= 15 is 0 Å². The predicted octanol–water partition coefficient (Wildman–Crippen LogP) is 2.01. The molecule has 1 unspecified atom stereocenters. The molecule has 1 saturated carbocycles. The molecule has 0 bridgehead atoms. The number of hydrogen-bond acceptors (Lipinski definition) is 7. The second-order valence-corrected chi connectivity index (χ2v) is 10.3. The Kier molecular flexibility index (Phi) is 6.81. The zero-order chi connectivity index (χ0) is 21.0. The second kappa shape index (κ2) is 9.15. The minimum absolute atomic E-state index is 0.00543. The van der Waals surface area contributed by atoms with E-state index in [2.05, 4.69) is 10.5 Å². The van der Waals surface area contributed by atoms with Crippen molar-refractivity contribution in [1.29, 1.82) is 0 Å². The van der Waals surface area contributed by atoms with Crippen molar-refractivity contribution in [3.8, 4) is 5.95 Å². The minimum atomic E-state index is -3.24. The highest BCUT2D eigenvalue weighted by Gasteiger charge is 2.27. The Morgan fingerprint density at radius 3 is 2.69 bits per heavy atom. The summed E-state index contributed by atoms with van der Waals surface area (Å²) in [4.78, 5) is 24.0. The lowest BCUT2D eigenvalue weighted by Gasteiger charge is -2.13. The second-order valence-electron chi connectivity index (χ2n) is 8.09. The normalized spacial score (nSPS) is 18.2. The van der Waals surface area contributed by atoms with Crippen LogP contribution in [0.15, 0.2) is 4.52 Å². The third kappa shape index (κ3) is 6.19. The van der Waals surface area contributed by atoms with Crippen LogP contribution in [0, 0.1) is 12.8 Å². The summed E-state index contributed by atoms with van der Waals surface area (Å²) in [6.45, 7) is 4.83. The molecule has 2 heterocycles. The van der Waals surface area contributed by atoms with Crippen LogP contribution in [0.4, 0.5) is 4.79 Å². The van der Waals surface area contributed by atoms with Gasteiger partial charge in [0.2, 0.25) is 5.91 Å². The van der Waals surface area contributed by atoms with E-state index in [1.165, 1.54) is 17.7 Å². The molecule has 0 radical (unpaired) electrons. The number of urea groups is 1. The number of rotatable bonds is 12. The van der Waals surface area contributed by atoms with Crippen LogP contribution >= 0.6 is 0 Å². The lowest BCUT2D eigenvalue weighted by Crippen LogP contribution is -2.29. The van der Waals surface area contributed by atoms with Gasteiger partial charge in [-0.2, -0.15) is 0 Å². The van der Waals surface area contributed by atoms with E-state index in [1.807, 2.05) is 13.8 Å². The van der Waals surface area contributed by atoms with Crippen LogP contribution in [0.25, 0.3) is 0 Å². The summed E-state index contributed by atoms with van der Waals surface area (Å²) in [5.41, 5.74) is 1.40. The van der Waals surface area contributed by atoms with Crippen molar-refractivity contribution in [3.63, 3.8) is 0 Å². The van der Waals surface area contributed by atoms with Gasteiger partial charge in [-0.25, -0.2) is 13.2 Å². The molecule has 9 nitrogen and oxygen atoms in total. The number of hydrogen-bond donors (Lipinski definition) is 1. The van der Waals surface area contributed by atoms with Gasteiger partial charge in [0.25, 0.3) is 0 Å². The van der Waals surface area contributed by atoms with Crippen LogP contribution in [0.3, 0.4) is 0 Å². The van der Waals surface area contributed by atoms with Crippen LogP contribution in [-0.4, -0.2) is 61.6 Å². The zero-order valence-electron chi connectivity index (χ0n) is 17.0. The maximum Gasteiger partial charge on any atom is 0.324 e. The smallest absolute Gasteiger partial charge is 0.324 e. The van der Waals surface area contributed by atoms with Crippen molar-refractivity contribution in [2.24, 2.45) is 5.92 Å². The van der Waals surface area contributed by atoms with Gasteiger partial charge in [-0.05, 0) is 38.5 Å². The largest absolute Gasteiger partial charge is 0.463 e. The number of sulfone groups is 1. The number of carbonyl (C=O) groups excluding carboxylic acids is 2. The maximum atomic E-state index is 12.5. The number of nitrogens with one attached hydrogen (secondary N) is 1. The van der Waals surface area contributed by atoms with E-state index in [4.69, 9.17) is 9.26 Å². The molecule has 0 aromatic carbocycles. The van der Waals surface area contributed by atoms with Crippen LogP contribution in [0.2, 0.25) is 0 Å². The first kappa shape index (κ1) is 21.6. The van der Waals surface area contributed by atoms with Gasteiger partial charge in [0.15, 0.2) is 9.84 Å². The highest BCUT2D eigenvalue weighted by Crippen LogP contribution is 2.32. The number of nitrogens with zero attached hydrogens (tertiary/aromatic N) is 2. The van der Waals surface area contributed by atoms with Gasteiger partial charge in [-0.1, -0.05) is 18.5 Å². The molecular formula is C19H29N3O6S. The van der Waals surface area contributed by atoms with Gasteiger partial charge < -0.3 is 14.2 Å². The molecule has 10 heteroatoms. The lowest BCUT2D eigenvalue weighted by atomic mass is 10.1. The highest BCUT2D eigenvalue weighted by molar-refractivity contribution is 7.91. The Morgan fingerprint density at radius 1 is 1.28 bits per heavy atom. The van der Waals surface area contributed by atoms with Crippen LogP contribution < -0.4 is 10.1 Å². The predicted molar refractivity (Wildman–Crippen MR) is 105 cm³/mol. The molecule has 1 aliphatic heterocycles. The van der Waals surface area contributed by atoms with Crippen LogP contribution in [-0.2, 0) is 14.6 Å². The fourth-order valence-corrected chi connectivity index (χ4v) is 5.14. The van der Waals surface area contributed by atoms with E-state index in [9.17, 15) is 18.0 Å². The monoisotopic (exact) mass is 427 g/mol. The van der Waals surface area contributed by atoms with Gasteiger partial charge in [-0.15, -0.1) is 0 Å². The van der Waals surface area contributed by atoms with E-state index in [-0.39, 0.29) is 35.9 Å². The number of imide groups is 1. The maximum absolute atomic E-state index is 12.5. The van der Waals surface area contributed by atoms with E-state index in [1.54, 1.807) is 0 Å². The molecule has 1 aromatic rings. The van der Waals surface area contributed by atoms with Crippen LogP contribution in [0.5, 0.6) is 5.95 Å². The molecule has 2 aliphatic rings. The zero-order valence-corrected chi connectivity index (χ0v) is 17.8. The lowest BCUT2D eigenvalue weighted by molar-refractivity contribution is -0.118. The van der Waals surface area contributed by atoms with Gasteiger partial charge in [-0.3, -0.25) is 10.1 Å². The summed E-state index contributed by atoms with van der Waals surface area (Å²) in [5.74, 6) is 0.509. The summed E-state index contributed by atoms with van der Waals surface area (Å²) >= 11 is 0. The Hall–Kier alpha value is -2.10. The third-order valence-corrected chi connectivity index (χ3v) is 7.21. The number of aromatic nitrogens is 1. The molecule has 0 spiro atoms. The topological polar surface area (TPSA) is 119 Å². The van der Waals surface area contributed by atoms with Gasteiger partial charge in [0.05, 0.1) is 29.4 Å². The Balaban J connectivity index is 1.39. The molecule has 3 rings (SSSR count). The van der Waals surface area contributed by atoms with E-state index in [0.29, 0.717) is 50.0 Å². The fourth-order valence-electron chi connectivity index (χ4n) is 3.41. The van der Waals surface area contributed by atoms with Gasteiger partial charge in [0, 0.05) is 12.5 Å². The standard InChI is InChI=1S/C19H29N3O6S/c1-13(17-14(2)18(28-21-17)27-11-15-6-7-15)12-29(25,26)9-5-3-4-8-22-10-16(23)20-19(22)24/h13,15H,3-12H2,1-2H3,(H,20,23,24). The molecule has 2 fully saturated rings. The first-order valence-corrected chi connectivity index (χ1v) is 12.0. The molecule has 1 aromatic heterocycles. The molecule has 162 valence electrons. The fraction of sp³-hybridized carbons (Fsp3) is 0.737. The Bertz CT molecular complexity index is 846. The summed E-state index contributed by atoms with van der Waals surface area (Å²) < 4.78 is 35.8. The number of amides is 3. The molecular weight excluding hydrogens is 398 g/mol. The summed E-state index contributed by atoms with van der Waals surface area (Å²) in [6.07, 6.45) is 4.21. The van der Waals surface area contributed by atoms with Crippen molar-refractivity contribution in [2.45, 2.75) is 51.9 Å². The first-order valence-electron chi connectivity index (χ1n) is 10.1. The van der Waals surface area contributed by atoms with Crippen molar-refractivity contribution in [3.05, 3.63) is 11.3 Å². The van der Waals surface area contributed by atoms with Crippen molar-refractivity contribution in [1.82, 2.24) is 15.4 Å². The summed E-state index contributed by atoms with van der Waals surface area (Å²) in [5, 5.41) is 6.25. The molecule has 1 N–H and O–H groups in total. The number of unbranched alkanes of at least 4 members (excludes halogenated alkanes) is 2. The molecule has 1 atom stereocenters. The Morgan fingerprint density at radius 2 is 2.03 bits per heavy atom. The van der Waals surface area contributed by atoms with Crippen molar-refractivity contribution in [2.75, 3.05) is 31.2 Å². The number of ether oxygens (including phenoxy) is 1.